The molecule has 1 aromatic carbocycles. The summed E-state index contributed by atoms with van der Waals surface area (Å²) in [5.41, 5.74) is 6.22. The van der Waals surface area contributed by atoms with Crippen molar-refractivity contribution in [1.29, 1.82) is 0 Å². The van der Waals surface area contributed by atoms with Crippen molar-refractivity contribution in [2.75, 3.05) is 0 Å². The van der Waals surface area contributed by atoms with Crippen LogP contribution >= 0.6 is 27.5 Å². The molecule has 0 aliphatic heterocycles. The fourth-order valence-corrected chi connectivity index (χ4v) is 1.53. The van der Waals surface area contributed by atoms with Crippen LogP contribution in [0.2, 0.25) is 5.02 Å². The number of hydrogen-bond donors (Lipinski definition) is 1. The Morgan fingerprint density at radius 2 is 2.25 bits per heavy atom. The fraction of sp³-hybridized carbons (Fsp3) is 0.125. The smallest absolute Gasteiger partial charge is 0.0965 e. The molecule has 12 heavy (non-hydrogen) atoms. The van der Waals surface area contributed by atoms with Crippen molar-refractivity contribution < 1.29 is 0 Å². The van der Waals surface area contributed by atoms with Crippen molar-refractivity contribution in [1.82, 2.24) is 0 Å². The first kappa shape index (κ1) is 9.55. The largest absolute Gasteiger partial charge is 0.387 e. The third kappa shape index (κ3) is 2.50. The second-order valence-electron chi connectivity index (χ2n) is 2.35. The van der Waals surface area contributed by atoms with Crippen molar-refractivity contribution in [3.05, 3.63) is 27.7 Å². The van der Waals surface area contributed by atoms with Crippen LogP contribution < -0.4 is 5.73 Å². The van der Waals surface area contributed by atoms with Crippen LogP contribution in [-0.2, 0) is 0 Å². The average Bonchev–Trinajstić information content (AvgIpc) is 1.94. The summed E-state index contributed by atoms with van der Waals surface area (Å²) in [7, 11) is 0. The number of nitrogens with zero attached hydrogens (tertiary/aromatic N) is 1. The molecular formula is C8H8BrClN2. The normalized spacial score (nSPS) is 11.8. The van der Waals surface area contributed by atoms with Crippen molar-refractivity contribution in [2.45, 2.75) is 6.92 Å². The van der Waals surface area contributed by atoms with Crippen LogP contribution in [0.3, 0.4) is 0 Å². The average molecular weight is 248 g/mol. The number of amidine groups is 1. The summed E-state index contributed by atoms with van der Waals surface area (Å²) in [6, 6.07) is 5.36. The maximum atomic E-state index is 5.74. The van der Waals surface area contributed by atoms with E-state index in [0.717, 1.165) is 10.2 Å². The van der Waals surface area contributed by atoms with Gasteiger partial charge in [-0.05, 0) is 41.1 Å². The predicted molar refractivity (Wildman–Crippen MR) is 56.1 cm³/mol. The number of halogens is 2. The molecule has 4 heteroatoms. The minimum Gasteiger partial charge on any atom is -0.387 e. The number of rotatable bonds is 1. The molecule has 0 aliphatic carbocycles. The Hall–Kier alpha value is -0.540. The van der Waals surface area contributed by atoms with E-state index in [2.05, 4.69) is 20.9 Å². The second-order valence-corrected chi connectivity index (χ2v) is 3.64. The Morgan fingerprint density at radius 3 is 2.75 bits per heavy atom. The number of nitrogens with two attached hydrogens (primary N) is 1. The lowest BCUT2D eigenvalue weighted by Gasteiger charge is -1.98. The minimum absolute atomic E-state index is 0.526. The van der Waals surface area contributed by atoms with Crippen LogP contribution in [-0.4, -0.2) is 5.84 Å². The molecular weight excluding hydrogens is 239 g/mol. The van der Waals surface area contributed by atoms with Crippen LogP contribution in [0.5, 0.6) is 0 Å². The Labute approximate surface area is 84.6 Å². The Bertz CT molecular complexity index is 319. The summed E-state index contributed by atoms with van der Waals surface area (Å²) in [5.74, 6) is 0.526. The van der Waals surface area contributed by atoms with Gasteiger partial charge in [0.1, 0.15) is 0 Å². The molecule has 0 aliphatic rings. The van der Waals surface area contributed by atoms with Gasteiger partial charge in [0.2, 0.25) is 0 Å². The molecule has 1 rings (SSSR count). The molecule has 0 saturated carbocycles. The summed E-state index contributed by atoms with van der Waals surface area (Å²) < 4.78 is 0.847. The molecule has 64 valence electrons. The molecule has 0 radical (unpaired) electrons. The van der Waals surface area contributed by atoms with Crippen LogP contribution in [0, 0.1) is 0 Å². The van der Waals surface area contributed by atoms with Gasteiger partial charge in [0.25, 0.3) is 0 Å². The maximum absolute atomic E-state index is 5.74. The van der Waals surface area contributed by atoms with Crippen LogP contribution in [0.25, 0.3) is 0 Å². The first-order chi connectivity index (χ1) is 5.59. The van der Waals surface area contributed by atoms with E-state index in [0.29, 0.717) is 10.9 Å². The summed E-state index contributed by atoms with van der Waals surface area (Å²) in [6.07, 6.45) is 0. The van der Waals surface area contributed by atoms with Gasteiger partial charge in [-0.15, -0.1) is 0 Å². The van der Waals surface area contributed by atoms with Gasteiger partial charge in [0, 0.05) is 9.50 Å². The van der Waals surface area contributed by atoms with Gasteiger partial charge in [0.15, 0.2) is 0 Å². The first-order valence-corrected chi connectivity index (χ1v) is 4.52. The van der Waals surface area contributed by atoms with Gasteiger partial charge >= 0.3 is 0 Å². The van der Waals surface area contributed by atoms with Gasteiger partial charge in [-0.25, -0.2) is 4.99 Å². The van der Waals surface area contributed by atoms with E-state index in [1.54, 1.807) is 19.1 Å². The number of hydrogen-bond acceptors (Lipinski definition) is 1. The Balaban J connectivity index is 3.10. The molecule has 1 aromatic rings. The number of benzene rings is 1. The standard InChI is InChI=1S/C8H8BrClN2/c1-5(11)12-8-3-2-6(10)4-7(8)9/h2-4H,1H3,(H2,11,12). The zero-order valence-electron chi connectivity index (χ0n) is 6.51. The highest BCUT2D eigenvalue weighted by Gasteiger charge is 1.97. The van der Waals surface area contributed by atoms with Crippen LogP contribution in [0.4, 0.5) is 5.69 Å². The molecule has 0 spiro atoms. The van der Waals surface area contributed by atoms with Crippen molar-refractivity contribution in [3.8, 4) is 0 Å². The van der Waals surface area contributed by atoms with Gasteiger partial charge < -0.3 is 5.73 Å². The maximum Gasteiger partial charge on any atom is 0.0965 e. The quantitative estimate of drug-likeness (QED) is 0.601. The molecule has 2 nitrogen and oxygen atoms in total. The highest BCUT2D eigenvalue weighted by Crippen LogP contribution is 2.28. The molecule has 0 unspecified atom stereocenters. The van der Waals surface area contributed by atoms with E-state index in [9.17, 15) is 0 Å². The molecule has 0 saturated heterocycles. The lowest BCUT2D eigenvalue weighted by molar-refractivity contribution is 1.43. The van der Waals surface area contributed by atoms with E-state index in [1.165, 1.54) is 0 Å². The van der Waals surface area contributed by atoms with Gasteiger partial charge in [-0.3, -0.25) is 0 Å². The summed E-state index contributed by atoms with van der Waals surface area (Å²) in [4.78, 5) is 4.09. The van der Waals surface area contributed by atoms with Crippen molar-refractivity contribution in [2.24, 2.45) is 10.7 Å². The van der Waals surface area contributed by atoms with E-state index in [-0.39, 0.29) is 0 Å². The van der Waals surface area contributed by atoms with E-state index >= 15 is 0 Å². The number of aliphatic imine (C=N–C) groups is 1. The highest BCUT2D eigenvalue weighted by molar-refractivity contribution is 9.10. The van der Waals surface area contributed by atoms with Gasteiger partial charge in [-0.1, -0.05) is 11.6 Å². The summed E-state index contributed by atoms with van der Waals surface area (Å²) in [6.45, 7) is 1.74. The van der Waals surface area contributed by atoms with Gasteiger partial charge in [-0.2, -0.15) is 0 Å². The molecule has 0 amide bonds. The van der Waals surface area contributed by atoms with E-state index < -0.39 is 0 Å². The molecule has 2 N–H and O–H groups in total. The highest BCUT2D eigenvalue weighted by atomic mass is 79.9. The zero-order valence-corrected chi connectivity index (χ0v) is 8.85. The predicted octanol–water partition coefficient (Wildman–Crippen LogP) is 3.11. The Morgan fingerprint density at radius 1 is 1.58 bits per heavy atom. The third-order valence-electron chi connectivity index (χ3n) is 1.21. The molecule has 0 fully saturated rings. The summed E-state index contributed by atoms with van der Waals surface area (Å²) in [5, 5.41) is 0.676. The molecule has 0 atom stereocenters. The van der Waals surface area contributed by atoms with Gasteiger partial charge in [0.05, 0.1) is 11.5 Å². The van der Waals surface area contributed by atoms with Crippen LogP contribution in [0.15, 0.2) is 27.7 Å². The zero-order chi connectivity index (χ0) is 9.14. The van der Waals surface area contributed by atoms with Crippen molar-refractivity contribution >= 4 is 39.1 Å². The Kier molecular flexibility index (Phi) is 3.12. The molecule has 0 bridgehead atoms. The van der Waals surface area contributed by atoms with Crippen LogP contribution in [0.1, 0.15) is 6.92 Å². The van der Waals surface area contributed by atoms with Crippen molar-refractivity contribution in [3.63, 3.8) is 0 Å². The third-order valence-corrected chi connectivity index (χ3v) is 2.08. The fourth-order valence-electron chi connectivity index (χ4n) is 0.762. The molecule has 0 aromatic heterocycles. The minimum atomic E-state index is 0.526. The SMILES string of the molecule is CC(N)=Nc1ccc(Cl)cc1Br. The molecule has 0 heterocycles. The monoisotopic (exact) mass is 246 g/mol. The lowest BCUT2D eigenvalue weighted by atomic mass is 10.3. The first-order valence-electron chi connectivity index (χ1n) is 3.35. The second kappa shape index (κ2) is 3.92. The summed E-state index contributed by atoms with van der Waals surface area (Å²) >= 11 is 9.07. The topological polar surface area (TPSA) is 38.4 Å². The lowest BCUT2D eigenvalue weighted by Crippen LogP contribution is -2.03. The van der Waals surface area contributed by atoms with E-state index in [1.807, 2.05) is 6.07 Å². The van der Waals surface area contributed by atoms with E-state index in [4.69, 9.17) is 17.3 Å².